The Morgan fingerprint density at radius 1 is 1.18 bits per heavy atom. The number of rotatable bonds is 2. The lowest BCUT2D eigenvalue weighted by Gasteiger charge is -2.39. The molecule has 0 aromatic heterocycles. The molecular weight excluding hydrogens is 298 g/mol. The van der Waals surface area contributed by atoms with Gasteiger partial charge in [-0.05, 0) is 37.5 Å². The zero-order chi connectivity index (χ0) is 15.7. The first-order valence-corrected chi connectivity index (χ1v) is 8.47. The van der Waals surface area contributed by atoms with Gasteiger partial charge in [-0.25, -0.2) is 0 Å². The topological polar surface area (TPSA) is 49.6 Å². The number of halogens is 1. The number of aryl methyl sites for hydroxylation is 1. The predicted octanol–water partition coefficient (Wildman–Crippen LogP) is 2.57. The summed E-state index contributed by atoms with van der Waals surface area (Å²) in [4.78, 5) is 16.9. The number of amides is 1. The second-order valence-corrected chi connectivity index (χ2v) is 7.01. The van der Waals surface area contributed by atoms with Gasteiger partial charge < -0.3 is 15.5 Å². The molecule has 1 saturated carbocycles. The van der Waals surface area contributed by atoms with Crippen molar-refractivity contribution >= 4 is 23.2 Å². The molecule has 1 aromatic rings. The minimum atomic E-state index is -0.603. The summed E-state index contributed by atoms with van der Waals surface area (Å²) in [7, 11) is 0. The fourth-order valence-electron chi connectivity index (χ4n) is 3.61. The molecule has 1 amide bonds. The Morgan fingerprint density at radius 2 is 1.82 bits per heavy atom. The van der Waals surface area contributed by atoms with E-state index < -0.39 is 5.54 Å². The number of hydrogen-bond acceptors (Lipinski definition) is 3. The molecular formula is C17H24ClN3O. The Morgan fingerprint density at radius 3 is 2.45 bits per heavy atom. The number of carbonyl (C=O) groups is 1. The van der Waals surface area contributed by atoms with E-state index in [9.17, 15) is 4.79 Å². The van der Waals surface area contributed by atoms with E-state index in [1.54, 1.807) is 0 Å². The lowest BCUT2D eigenvalue weighted by molar-refractivity contribution is -0.137. The molecule has 3 rings (SSSR count). The lowest BCUT2D eigenvalue weighted by atomic mass is 9.96. The Kier molecular flexibility index (Phi) is 4.33. The predicted molar refractivity (Wildman–Crippen MR) is 90.4 cm³/mol. The third-order valence-corrected chi connectivity index (χ3v) is 5.24. The molecule has 2 aliphatic rings. The summed E-state index contributed by atoms with van der Waals surface area (Å²) in [6.07, 6.45) is 3.81. The molecule has 1 aliphatic heterocycles. The molecule has 120 valence electrons. The van der Waals surface area contributed by atoms with Gasteiger partial charge in [-0.2, -0.15) is 0 Å². The van der Waals surface area contributed by atoms with Crippen molar-refractivity contribution in [3.8, 4) is 0 Å². The standard InChI is InChI=1S/C17H24ClN3O/c1-13-4-5-14(18)12-15(13)20-8-10-21(11-9-20)16(22)17(19)6-2-3-7-17/h4-5,12H,2-3,6-11,19H2,1H3. The summed E-state index contributed by atoms with van der Waals surface area (Å²) in [5.74, 6) is 0.146. The van der Waals surface area contributed by atoms with E-state index in [1.165, 1.54) is 11.3 Å². The highest BCUT2D eigenvalue weighted by Crippen LogP contribution is 2.30. The maximum atomic E-state index is 12.6. The minimum absolute atomic E-state index is 0.146. The Bertz CT molecular complexity index is 561. The zero-order valence-electron chi connectivity index (χ0n) is 13.1. The average molecular weight is 322 g/mol. The van der Waals surface area contributed by atoms with Crippen LogP contribution in [0.4, 0.5) is 5.69 Å². The largest absolute Gasteiger partial charge is 0.368 e. The smallest absolute Gasteiger partial charge is 0.242 e. The van der Waals surface area contributed by atoms with Crippen LogP contribution in [-0.2, 0) is 4.79 Å². The summed E-state index contributed by atoms with van der Waals surface area (Å²) >= 11 is 6.11. The van der Waals surface area contributed by atoms with Gasteiger partial charge in [0, 0.05) is 36.9 Å². The summed E-state index contributed by atoms with van der Waals surface area (Å²) in [5.41, 5.74) is 8.09. The Balaban J connectivity index is 1.65. The van der Waals surface area contributed by atoms with E-state index in [0.717, 1.165) is 56.9 Å². The van der Waals surface area contributed by atoms with Gasteiger partial charge in [0.15, 0.2) is 0 Å². The molecule has 2 fully saturated rings. The van der Waals surface area contributed by atoms with E-state index in [-0.39, 0.29) is 5.91 Å². The molecule has 0 atom stereocenters. The monoisotopic (exact) mass is 321 g/mol. The second-order valence-electron chi connectivity index (χ2n) is 6.57. The van der Waals surface area contributed by atoms with Crippen molar-refractivity contribution in [3.05, 3.63) is 28.8 Å². The van der Waals surface area contributed by atoms with Gasteiger partial charge in [0.25, 0.3) is 0 Å². The first kappa shape index (κ1) is 15.6. The van der Waals surface area contributed by atoms with Crippen LogP contribution in [0.15, 0.2) is 18.2 Å². The quantitative estimate of drug-likeness (QED) is 0.910. The van der Waals surface area contributed by atoms with Gasteiger partial charge in [-0.1, -0.05) is 30.5 Å². The SMILES string of the molecule is Cc1ccc(Cl)cc1N1CCN(C(=O)C2(N)CCCC2)CC1. The number of piperazine rings is 1. The lowest BCUT2D eigenvalue weighted by Crippen LogP contribution is -2.58. The third kappa shape index (κ3) is 2.95. The van der Waals surface area contributed by atoms with Crippen LogP contribution in [0.5, 0.6) is 0 Å². The maximum Gasteiger partial charge on any atom is 0.242 e. The average Bonchev–Trinajstić information content (AvgIpc) is 2.97. The van der Waals surface area contributed by atoms with Gasteiger partial charge in [0.2, 0.25) is 5.91 Å². The Labute approximate surface area is 137 Å². The first-order valence-electron chi connectivity index (χ1n) is 8.09. The summed E-state index contributed by atoms with van der Waals surface area (Å²) in [6, 6.07) is 5.97. The van der Waals surface area contributed by atoms with Crippen LogP contribution in [0, 0.1) is 6.92 Å². The highest BCUT2D eigenvalue weighted by atomic mass is 35.5. The van der Waals surface area contributed by atoms with Gasteiger partial charge in [-0.3, -0.25) is 4.79 Å². The number of nitrogens with zero attached hydrogens (tertiary/aromatic N) is 2. The molecule has 1 aromatic carbocycles. The van der Waals surface area contributed by atoms with Gasteiger partial charge in [0.1, 0.15) is 0 Å². The van der Waals surface area contributed by atoms with Gasteiger partial charge >= 0.3 is 0 Å². The molecule has 0 spiro atoms. The van der Waals surface area contributed by atoms with Crippen LogP contribution in [-0.4, -0.2) is 42.5 Å². The highest BCUT2D eigenvalue weighted by molar-refractivity contribution is 6.30. The molecule has 0 unspecified atom stereocenters. The number of carbonyl (C=O) groups excluding carboxylic acids is 1. The third-order valence-electron chi connectivity index (χ3n) is 5.00. The van der Waals surface area contributed by atoms with Crippen LogP contribution in [0.25, 0.3) is 0 Å². The molecule has 1 saturated heterocycles. The van der Waals surface area contributed by atoms with Crippen molar-refractivity contribution in [1.29, 1.82) is 0 Å². The molecule has 0 bridgehead atoms. The first-order chi connectivity index (χ1) is 10.5. The number of benzene rings is 1. The zero-order valence-corrected chi connectivity index (χ0v) is 13.9. The van der Waals surface area contributed by atoms with Crippen LogP contribution >= 0.6 is 11.6 Å². The van der Waals surface area contributed by atoms with Gasteiger partial charge in [-0.15, -0.1) is 0 Å². The summed E-state index contributed by atoms with van der Waals surface area (Å²) in [5, 5.41) is 0.756. The molecule has 5 heteroatoms. The van der Waals surface area contributed by atoms with Crippen molar-refractivity contribution in [2.24, 2.45) is 5.73 Å². The Hall–Kier alpha value is -1.26. The highest BCUT2D eigenvalue weighted by Gasteiger charge is 2.40. The number of nitrogens with two attached hydrogens (primary N) is 1. The van der Waals surface area contributed by atoms with E-state index in [4.69, 9.17) is 17.3 Å². The van der Waals surface area contributed by atoms with E-state index in [1.807, 2.05) is 23.1 Å². The maximum absolute atomic E-state index is 12.6. The number of anilines is 1. The van der Waals surface area contributed by atoms with E-state index >= 15 is 0 Å². The molecule has 22 heavy (non-hydrogen) atoms. The van der Waals surface area contributed by atoms with Crippen LogP contribution in [0.3, 0.4) is 0 Å². The minimum Gasteiger partial charge on any atom is -0.368 e. The van der Waals surface area contributed by atoms with Crippen LogP contribution < -0.4 is 10.6 Å². The van der Waals surface area contributed by atoms with Crippen molar-refractivity contribution in [3.63, 3.8) is 0 Å². The van der Waals surface area contributed by atoms with Crippen LogP contribution in [0.2, 0.25) is 5.02 Å². The van der Waals surface area contributed by atoms with Crippen molar-refractivity contribution in [2.75, 3.05) is 31.1 Å². The molecule has 4 nitrogen and oxygen atoms in total. The molecule has 1 aliphatic carbocycles. The van der Waals surface area contributed by atoms with Crippen molar-refractivity contribution in [2.45, 2.75) is 38.1 Å². The molecule has 0 radical (unpaired) electrons. The molecule has 2 N–H and O–H groups in total. The van der Waals surface area contributed by atoms with E-state index in [2.05, 4.69) is 11.8 Å². The molecule has 1 heterocycles. The number of hydrogen-bond donors (Lipinski definition) is 1. The fourth-order valence-corrected chi connectivity index (χ4v) is 3.77. The van der Waals surface area contributed by atoms with Gasteiger partial charge in [0.05, 0.1) is 5.54 Å². The van der Waals surface area contributed by atoms with Crippen LogP contribution in [0.1, 0.15) is 31.2 Å². The van der Waals surface area contributed by atoms with E-state index in [0.29, 0.717) is 0 Å². The second kappa shape index (κ2) is 6.09. The van der Waals surface area contributed by atoms with Crippen molar-refractivity contribution < 1.29 is 4.79 Å². The normalized spacial score (nSPS) is 21.2. The summed E-state index contributed by atoms with van der Waals surface area (Å²) in [6.45, 7) is 5.25. The van der Waals surface area contributed by atoms with Crippen molar-refractivity contribution in [1.82, 2.24) is 4.90 Å². The fraction of sp³-hybridized carbons (Fsp3) is 0.588. The summed E-state index contributed by atoms with van der Waals surface area (Å²) < 4.78 is 0.